The maximum absolute atomic E-state index is 13.7. The summed E-state index contributed by atoms with van der Waals surface area (Å²) >= 11 is 7.43. The van der Waals surface area contributed by atoms with E-state index in [-0.39, 0.29) is 26.0 Å². The summed E-state index contributed by atoms with van der Waals surface area (Å²) in [5.41, 5.74) is 0.0720. The first-order valence-electron chi connectivity index (χ1n) is 6.50. The fourth-order valence-corrected chi connectivity index (χ4v) is 5.72. The van der Waals surface area contributed by atoms with Gasteiger partial charge >= 0.3 is 0 Å². The van der Waals surface area contributed by atoms with Gasteiger partial charge in [0, 0.05) is 29.2 Å². The van der Waals surface area contributed by atoms with Gasteiger partial charge in [-0.1, -0.05) is 25.4 Å². The van der Waals surface area contributed by atoms with E-state index < -0.39 is 22.4 Å². The predicted molar refractivity (Wildman–Crippen MR) is 82.6 cm³/mol. The maximum atomic E-state index is 13.7. The molecular formula is C13H17ClFNO3S2. The quantitative estimate of drug-likeness (QED) is 0.907. The lowest BCUT2D eigenvalue weighted by molar-refractivity contribution is 0.281. The van der Waals surface area contributed by atoms with E-state index in [9.17, 15) is 12.8 Å². The van der Waals surface area contributed by atoms with Crippen LogP contribution in [0.15, 0.2) is 17.0 Å². The molecule has 0 spiro atoms. The van der Waals surface area contributed by atoms with Gasteiger partial charge < -0.3 is 5.11 Å². The van der Waals surface area contributed by atoms with Crippen molar-refractivity contribution in [2.45, 2.75) is 35.8 Å². The molecule has 0 amide bonds. The largest absolute Gasteiger partial charge is 0.392 e. The fraction of sp³-hybridized carbons (Fsp3) is 0.538. The zero-order valence-electron chi connectivity index (χ0n) is 11.7. The second kappa shape index (κ2) is 6.42. The van der Waals surface area contributed by atoms with E-state index >= 15 is 0 Å². The molecule has 0 saturated carbocycles. The van der Waals surface area contributed by atoms with E-state index in [1.807, 2.05) is 13.8 Å². The third kappa shape index (κ3) is 3.53. The molecule has 8 heteroatoms. The van der Waals surface area contributed by atoms with Crippen molar-refractivity contribution in [3.05, 3.63) is 28.5 Å². The van der Waals surface area contributed by atoms with Gasteiger partial charge in [0.2, 0.25) is 10.0 Å². The van der Waals surface area contributed by atoms with Crippen molar-refractivity contribution in [1.29, 1.82) is 0 Å². The summed E-state index contributed by atoms with van der Waals surface area (Å²) in [6, 6.07) is 2.14. The number of aliphatic hydroxyl groups excluding tert-OH is 1. The molecule has 2 rings (SSSR count). The molecule has 4 nitrogen and oxygen atoms in total. The Bertz CT molecular complexity index is 629. The second-order valence-electron chi connectivity index (χ2n) is 5.12. The number of hydrogen-bond acceptors (Lipinski definition) is 4. The summed E-state index contributed by atoms with van der Waals surface area (Å²) in [6.45, 7) is 4.18. The molecule has 0 aromatic heterocycles. The summed E-state index contributed by atoms with van der Waals surface area (Å²) in [5, 5.41) is 9.28. The van der Waals surface area contributed by atoms with Crippen molar-refractivity contribution in [1.82, 2.24) is 4.31 Å². The number of sulfonamides is 1. The molecule has 0 aliphatic carbocycles. The van der Waals surface area contributed by atoms with Gasteiger partial charge in [-0.3, -0.25) is 0 Å². The highest BCUT2D eigenvalue weighted by Gasteiger charge is 2.32. The van der Waals surface area contributed by atoms with E-state index in [0.717, 1.165) is 6.07 Å². The molecule has 21 heavy (non-hydrogen) atoms. The van der Waals surface area contributed by atoms with Crippen LogP contribution < -0.4 is 0 Å². The topological polar surface area (TPSA) is 57.6 Å². The minimum atomic E-state index is -3.79. The number of rotatable bonds is 3. The van der Waals surface area contributed by atoms with Crippen molar-refractivity contribution in [2.75, 3.05) is 13.1 Å². The molecule has 1 fully saturated rings. The van der Waals surface area contributed by atoms with Gasteiger partial charge in [-0.05, 0) is 12.1 Å². The van der Waals surface area contributed by atoms with Crippen molar-refractivity contribution in [3.8, 4) is 0 Å². The standard InChI is InChI=1S/C13H17ClFNO3S2/c1-8-5-16(6-9(2)20-8)21(18,19)11-3-10(7-17)13(14)12(15)4-11/h3-4,8-9,17H,5-7H2,1-2H3. The zero-order valence-corrected chi connectivity index (χ0v) is 14.1. The Balaban J connectivity index is 2.42. The van der Waals surface area contributed by atoms with Crippen LogP contribution in [-0.2, 0) is 16.6 Å². The van der Waals surface area contributed by atoms with Crippen LogP contribution >= 0.6 is 23.4 Å². The van der Waals surface area contributed by atoms with Crippen LogP contribution in [0.25, 0.3) is 0 Å². The molecule has 1 aliphatic heterocycles. The predicted octanol–water partition coefficient (Wildman–Crippen LogP) is 2.49. The summed E-state index contributed by atoms with van der Waals surface area (Å²) in [7, 11) is -3.79. The van der Waals surface area contributed by atoms with Crippen molar-refractivity contribution >= 4 is 33.4 Å². The van der Waals surface area contributed by atoms with Crippen LogP contribution in [0.1, 0.15) is 19.4 Å². The van der Waals surface area contributed by atoms with E-state index in [1.165, 1.54) is 10.4 Å². The summed E-state index contributed by atoms with van der Waals surface area (Å²) in [6.07, 6.45) is 0. The Morgan fingerprint density at radius 2 is 1.95 bits per heavy atom. The zero-order chi connectivity index (χ0) is 15.8. The molecule has 1 aromatic carbocycles. The summed E-state index contributed by atoms with van der Waals surface area (Å²) in [4.78, 5) is -0.167. The Kier molecular flexibility index (Phi) is 5.20. The van der Waals surface area contributed by atoms with Crippen molar-refractivity contribution in [2.24, 2.45) is 0 Å². The molecule has 1 aromatic rings. The average Bonchev–Trinajstić information content (AvgIpc) is 2.40. The lowest BCUT2D eigenvalue weighted by Gasteiger charge is -2.33. The molecular weight excluding hydrogens is 337 g/mol. The van der Waals surface area contributed by atoms with Gasteiger partial charge in [0.25, 0.3) is 0 Å². The van der Waals surface area contributed by atoms with Crippen LogP contribution in [0, 0.1) is 5.82 Å². The second-order valence-corrected chi connectivity index (χ2v) is 9.31. The molecule has 1 aliphatic rings. The highest BCUT2D eigenvalue weighted by atomic mass is 35.5. The van der Waals surface area contributed by atoms with Crippen LogP contribution in [0.3, 0.4) is 0 Å². The van der Waals surface area contributed by atoms with Gasteiger partial charge in [-0.15, -0.1) is 0 Å². The summed E-state index contributed by atoms with van der Waals surface area (Å²) in [5.74, 6) is -0.839. The Morgan fingerprint density at radius 1 is 1.38 bits per heavy atom. The number of halogens is 2. The highest BCUT2D eigenvalue weighted by Crippen LogP contribution is 2.31. The first kappa shape index (κ1) is 17.0. The maximum Gasteiger partial charge on any atom is 0.243 e. The normalized spacial score (nSPS) is 24.2. The van der Waals surface area contributed by atoms with Gasteiger partial charge in [0.1, 0.15) is 5.82 Å². The number of thioether (sulfide) groups is 1. The Hall–Kier alpha value is -0.340. The van der Waals surface area contributed by atoms with Crippen molar-refractivity contribution in [3.63, 3.8) is 0 Å². The van der Waals surface area contributed by atoms with Crippen LogP contribution in [-0.4, -0.2) is 41.4 Å². The van der Waals surface area contributed by atoms with Crippen LogP contribution in [0.5, 0.6) is 0 Å². The first-order chi connectivity index (χ1) is 9.75. The third-order valence-corrected chi connectivity index (χ3v) is 6.73. The number of benzene rings is 1. The van der Waals surface area contributed by atoms with Gasteiger partial charge in [0.15, 0.2) is 0 Å². The molecule has 118 valence electrons. The lowest BCUT2D eigenvalue weighted by Crippen LogP contribution is -2.43. The molecule has 2 unspecified atom stereocenters. The van der Waals surface area contributed by atoms with E-state index in [2.05, 4.69) is 0 Å². The lowest BCUT2D eigenvalue weighted by atomic mass is 10.2. The Morgan fingerprint density at radius 3 is 2.48 bits per heavy atom. The molecule has 2 atom stereocenters. The van der Waals surface area contributed by atoms with Gasteiger partial charge in [0.05, 0.1) is 16.5 Å². The minimum Gasteiger partial charge on any atom is -0.392 e. The summed E-state index contributed by atoms with van der Waals surface area (Å²) < 4.78 is 40.4. The minimum absolute atomic E-state index is 0.0720. The van der Waals surface area contributed by atoms with Gasteiger partial charge in [-0.25, -0.2) is 12.8 Å². The van der Waals surface area contributed by atoms with E-state index in [4.69, 9.17) is 16.7 Å². The Labute approximate surface area is 133 Å². The highest BCUT2D eigenvalue weighted by molar-refractivity contribution is 8.00. The van der Waals surface area contributed by atoms with E-state index in [1.54, 1.807) is 11.8 Å². The van der Waals surface area contributed by atoms with Crippen LogP contribution in [0.4, 0.5) is 4.39 Å². The SMILES string of the molecule is CC1CN(S(=O)(=O)c2cc(F)c(Cl)c(CO)c2)CC(C)S1. The third-order valence-electron chi connectivity index (χ3n) is 3.27. The average molecular weight is 354 g/mol. The molecule has 1 heterocycles. The monoisotopic (exact) mass is 353 g/mol. The van der Waals surface area contributed by atoms with Gasteiger partial charge in [-0.2, -0.15) is 16.1 Å². The number of hydrogen-bond donors (Lipinski definition) is 1. The smallest absolute Gasteiger partial charge is 0.243 e. The molecule has 1 N–H and O–H groups in total. The van der Waals surface area contributed by atoms with Crippen LogP contribution in [0.2, 0.25) is 5.02 Å². The number of nitrogens with zero attached hydrogens (tertiary/aromatic N) is 1. The molecule has 0 bridgehead atoms. The number of aliphatic hydroxyl groups is 1. The molecule has 1 saturated heterocycles. The molecule has 0 radical (unpaired) electrons. The van der Waals surface area contributed by atoms with Crippen molar-refractivity contribution < 1.29 is 17.9 Å². The fourth-order valence-electron chi connectivity index (χ4n) is 2.36. The van der Waals surface area contributed by atoms with E-state index in [0.29, 0.717) is 13.1 Å². The first-order valence-corrected chi connectivity index (χ1v) is 9.26.